The zero-order valence-electron chi connectivity index (χ0n) is 10.0. The molecule has 0 aliphatic rings. The van der Waals surface area contributed by atoms with E-state index in [0.29, 0.717) is 16.6 Å². The molecule has 0 aliphatic heterocycles. The van der Waals surface area contributed by atoms with Gasteiger partial charge in [0.1, 0.15) is 0 Å². The monoisotopic (exact) mass is 251 g/mol. The van der Waals surface area contributed by atoms with Gasteiger partial charge in [0.25, 0.3) is 0 Å². The molecule has 1 aromatic heterocycles. The molecule has 0 N–H and O–H groups in total. The van der Waals surface area contributed by atoms with Gasteiger partial charge in [-0.1, -0.05) is 48.5 Å². The molecule has 0 aliphatic carbocycles. The first-order valence-electron chi connectivity index (χ1n) is 5.91. The fourth-order valence-electron chi connectivity index (χ4n) is 2.09. The average Bonchev–Trinajstić information content (AvgIpc) is 2.47. The number of para-hydroxylation sites is 1. The second-order valence-corrected chi connectivity index (χ2v) is 4.21. The van der Waals surface area contributed by atoms with Crippen LogP contribution in [0.3, 0.4) is 0 Å². The molecule has 19 heavy (non-hydrogen) atoms. The number of carbonyl (C=O) groups excluding carboxylic acids is 1. The number of rotatable bonds is 2. The van der Waals surface area contributed by atoms with Crippen molar-refractivity contribution < 1.29 is 9.18 Å². The molecule has 0 fully saturated rings. The lowest BCUT2D eigenvalue weighted by molar-refractivity contribution is 0.0838. The van der Waals surface area contributed by atoms with Crippen molar-refractivity contribution >= 4 is 16.9 Å². The molecule has 0 atom stereocenters. The standard InChI is InChI=1S/C16H10FNO/c17-16(19)13-10-15(11-6-2-1-3-7-11)18-14-9-5-4-8-12(13)14/h1-10H. The number of hydrogen-bond acceptors (Lipinski definition) is 2. The summed E-state index contributed by atoms with van der Waals surface area (Å²) >= 11 is 0. The summed E-state index contributed by atoms with van der Waals surface area (Å²) in [5.74, 6) is 0. The van der Waals surface area contributed by atoms with E-state index >= 15 is 0 Å². The van der Waals surface area contributed by atoms with Crippen LogP contribution < -0.4 is 0 Å². The maximum atomic E-state index is 13.2. The first-order valence-corrected chi connectivity index (χ1v) is 5.91. The number of nitrogens with zero attached hydrogens (tertiary/aromatic N) is 1. The highest BCUT2D eigenvalue weighted by molar-refractivity contribution is 6.04. The summed E-state index contributed by atoms with van der Waals surface area (Å²) in [4.78, 5) is 15.6. The normalized spacial score (nSPS) is 10.6. The number of fused-ring (bicyclic) bond motifs is 1. The number of aromatic nitrogens is 1. The molecule has 2 nitrogen and oxygen atoms in total. The smallest absolute Gasteiger partial charge is 0.255 e. The molecule has 0 saturated heterocycles. The molecular weight excluding hydrogens is 241 g/mol. The Morgan fingerprint density at radius 1 is 0.947 bits per heavy atom. The second-order valence-electron chi connectivity index (χ2n) is 4.21. The quantitative estimate of drug-likeness (QED) is 0.644. The lowest BCUT2D eigenvalue weighted by Gasteiger charge is -2.06. The molecule has 92 valence electrons. The summed E-state index contributed by atoms with van der Waals surface area (Å²) in [5.41, 5.74) is 2.13. The highest BCUT2D eigenvalue weighted by atomic mass is 19.1. The molecule has 0 bridgehead atoms. The SMILES string of the molecule is O=C(F)c1cc(-c2ccccc2)nc2ccccc12. The Bertz CT molecular complexity index is 753. The Morgan fingerprint density at radius 2 is 1.63 bits per heavy atom. The van der Waals surface area contributed by atoms with Crippen LogP contribution in [-0.4, -0.2) is 11.0 Å². The van der Waals surface area contributed by atoms with Crippen LogP contribution in [0.2, 0.25) is 0 Å². The molecule has 0 amide bonds. The lowest BCUT2D eigenvalue weighted by Crippen LogP contribution is -1.96. The Hall–Kier alpha value is -2.55. The molecule has 0 spiro atoms. The van der Waals surface area contributed by atoms with Crippen LogP contribution in [0, 0.1) is 0 Å². The molecule has 3 aromatic rings. The zero-order chi connectivity index (χ0) is 13.2. The van der Waals surface area contributed by atoms with E-state index in [2.05, 4.69) is 4.98 Å². The van der Waals surface area contributed by atoms with Crippen molar-refractivity contribution in [1.82, 2.24) is 4.98 Å². The first kappa shape index (κ1) is 11.5. The van der Waals surface area contributed by atoms with Crippen molar-refractivity contribution in [2.24, 2.45) is 0 Å². The minimum absolute atomic E-state index is 0.0597. The third-order valence-electron chi connectivity index (χ3n) is 3.00. The molecule has 1 heterocycles. The Balaban J connectivity index is 2.31. The number of benzene rings is 2. The predicted octanol–water partition coefficient (Wildman–Crippen LogP) is 4.01. The first-order chi connectivity index (χ1) is 9.25. The van der Waals surface area contributed by atoms with Gasteiger partial charge in [0.15, 0.2) is 0 Å². The molecule has 0 radical (unpaired) electrons. The van der Waals surface area contributed by atoms with Gasteiger partial charge in [0.05, 0.1) is 16.8 Å². The summed E-state index contributed by atoms with van der Waals surface area (Å²) in [6.45, 7) is 0. The summed E-state index contributed by atoms with van der Waals surface area (Å²) in [6, 6.07) is 16.5. The van der Waals surface area contributed by atoms with E-state index in [4.69, 9.17) is 0 Å². The van der Waals surface area contributed by atoms with Gasteiger partial charge in [-0.05, 0) is 12.1 Å². The number of hydrogen-bond donors (Lipinski definition) is 0. The number of carbonyl (C=O) groups is 1. The van der Waals surface area contributed by atoms with Gasteiger partial charge >= 0.3 is 6.04 Å². The summed E-state index contributed by atoms with van der Waals surface area (Å²) in [5, 5.41) is 0.537. The second kappa shape index (κ2) is 4.61. The van der Waals surface area contributed by atoms with Gasteiger partial charge in [-0.25, -0.2) is 4.98 Å². The van der Waals surface area contributed by atoms with E-state index in [9.17, 15) is 9.18 Å². The maximum Gasteiger partial charge on any atom is 0.332 e. The Morgan fingerprint density at radius 3 is 2.37 bits per heavy atom. The van der Waals surface area contributed by atoms with Crippen molar-refractivity contribution in [3.05, 3.63) is 66.2 Å². The van der Waals surface area contributed by atoms with Gasteiger partial charge in [-0.3, -0.25) is 4.79 Å². The maximum absolute atomic E-state index is 13.2. The van der Waals surface area contributed by atoms with E-state index in [1.807, 2.05) is 36.4 Å². The molecule has 3 rings (SSSR count). The zero-order valence-corrected chi connectivity index (χ0v) is 10.0. The predicted molar refractivity (Wildman–Crippen MR) is 72.6 cm³/mol. The van der Waals surface area contributed by atoms with E-state index < -0.39 is 6.04 Å². The van der Waals surface area contributed by atoms with Crippen LogP contribution in [0.25, 0.3) is 22.2 Å². The Labute approximate surface area is 109 Å². The van der Waals surface area contributed by atoms with Gasteiger partial charge in [-0.15, -0.1) is 0 Å². The fraction of sp³-hybridized carbons (Fsp3) is 0. The van der Waals surface area contributed by atoms with Gasteiger partial charge in [0, 0.05) is 10.9 Å². The van der Waals surface area contributed by atoms with Crippen molar-refractivity contribution in [2.75, 3.05) is 0 Å². The number of pyridine rings is 1. The summed E-state index contributed by atoms with van der Waals surface area (Å²) in [7, 11) is 0. The summed E-state index contributed by atoms with van der Waals surface area (Å²) < 4.78 is 13.2. The minimum atomic E-state index is -1.43. The minimum Gasteiger partial charge on any atom is -0.255 e. The van der Waals surface area contributed by atoms with Crippen molar-refractivity contribution in [3.63, 3.8) is 0 Å². The highest BCUT2D eigenvalue weighted by Gasteiger charge is 2.12. The van der Waals surface area contributed by atoms with Crippen LogP contribution in [0.15, 0.2) is 60.7 Å². The van der Waals surface area contributed by atoms with Crippen molar-refractivity contribution in [2.45, 2.75) is 0 Å². The molecular formula is C16H10FNO. The fourth-order valence-corrected chi connectivity index (χ4v) is 2.09. The van der Waals surface area contributed by atoms with Crippen LogP contribution in [-0.2, 0) is 0 Å². The highest BCUT2D eigenvalue weighted by Crippen LogP contribution is 2.25. The van der Waals surface area contributed by atoms with Crippen LogP contribution in [0.5, 0.6) is 0 Å². The molecule has 3 heteroatoms. The van der Waals surface area contributed by atoms with E-state index in [1.54, 1.807) is 18.2 Å². The summed E-state index contributed by atoms with van der Waals surface area (Å²) in [6.07, 6.45) is 0. The van der Waals surface area contributed by atoms with Gasteiger partial charge in [0.2, 0.25) is 0 Å². The van der Waals surface area contributed by atoms with Crippen molar-refractivity contribution in [1.29, 1.82) is 0 Å². The third-order valence-corrected chi connectivity index (χ3v) is 3.00. The molecule has 0 unspecified atom stereocenters. The van der Waals surface area contributed by atoms with E-state index in [0.717, 1.165) is 5.56 Å². The third kappa shape index (κ3) is 2.10. The largest absolute Gasteiger partial charge is 0.332 e. The topological polar surface area (TPSA) is 30.0 Å². The van der Waals surface area contributed by atoms with Crippen LogP contribution >= 0.6 is 0 Å². The average molecular weight is 251 g/mol. The molecule has 0 saturated carbocycles. The lowest BCUT2D eigenvalue weighted by atomic mass is 10.0. The molecule has 2 aromatic carbocycles. The van der Waals surface area contributed by atoms with Crippen LogP contribution in [0.4, 0.5) is 4.39 Å². The van der Waals surface area contributed by atoms with Gasteiger partial charge in [-0.2, -0.15) is 4.39 Å². The van der Waals surface area contributed by atoms with Crippen LogP contribution in [0.1, 0.15) is 10.4 Å². The Kier molecular flexibility index (Phi) is 2.80. The van der Waals surface area contributed by atoms with Gasteiger partial charge < -0.3 is 0 Å². The van der Waals surface area contributed by atoms with E-state index in [1.165, 1.54) is 6.07 Å². The number of halogens is 1. The van der Waals surface area contributed by atoms with E-state index in [-0.39, 0.29) is 5.56 Å². The van der Waals surface area contributed by atoms with Crippen molar-refractivity contribution in [3.8, 4) is 11.3 Å².